The molecular formula is C23H32BrFN3O4P. The zero-order chi connectivity index (χ0) is 24.2. The van der Waals surface area contributed by atoms with Crippen LogP contribution in [-0.4, -0.2) is 28.1 Å². The van der Waals surface area contributed by atoms with Gasteiger partial charge < -0.3 is 23.8 Å². The van der Waals surface area contributed by atoms with Gasteiger partial charge >= 0.3 is 7.60 Å². The van der Waals surface area contributed by atoms with Gasteiger partial charge in [-0.2, -0.15) is 0 Å². The number of nitrogens with two attached hydrogens (primary N) is 1. The number of anilines is 1. The van der Waals surface area contributed by atoms with Crippen LogP contribution in [0.1, 0.15) is 46.1 Å². The van der Waals surface area contributed by atoms with Gasteiger partial charge in [0.05, 0.1) is 24.4 Å². The molecule has 0 unspecified atom stereocenters. The Morgan fingerprint density at radius 2 is 1.94 bits per heavy atom. The largest absolute Gasteiger partial charge is 0.445 e. The summed E-state index contributed by atoms with van der Waals surface area (Å²) in [5, 5.41) is 0.888. The van der Waals surface area contributed by atoms with E-state index in [9.17, 15) is 8.96 Å². The van der Waals surface area contributed by atoms with E-state index in [4.69, 9.17) is 24.2 Å². The molecule has 2 heterocycles. The number of unbranched alkanes of at least 4 members (excludes halogenated alkanes) is 1. The van der Waals surface area contributed by atoms with Gasteiger partial charge in [0.1, 0.15) is 11.3 Å². The van der Waals surface area contributed by atoms with Crippen molar-refractivity contribution in [3.05, 3.63) is 29.6 Å². The van der Waals surface area contributed by atoms with E-state index in [1.165, 1.54) is 6.07 Å². The molecule has 2 N–H and O–H groups in total. The van der Waals surface area contributed by atoms with Crippen molar-refractivity contribution in [2.45, 2.75) is 53.5 Å². The average Bonchev–Trinajstić information content (AvgIpc) is 3.38. The molecule has 2 aromatic heterocycles. The van der Waals surface area contributed by atoms with Crippen LogP contribution in [-0.2, 0) is 26.6 Å². The molecule has 3 rings (SSSR count). The molecule has 0 spiro atoms. The minimum Gasteiger partial charge on any atom is -0.445 e. The Labute approximate surface area is 202 Å². The summed E-state index contributed by atoms with van der Waals surface area (Å²) in [6, 6.07) is 4.79. The quantitative estimate of drug-likeness (QED) is 0.125. The highest BCUT2D eigenvalue weighted by Crippen LogP contribution is 2.48. The molecule has 1 aromatic carbocycles. The summed E-state index contributed by atoms with van der Waals surface area (Å²) >= 11 is 3.45. The number of nitrogen functional groups attached to an aromatic ring is 1. The third-order valence-electron chi connectivity index (χ3n) is 5.14. The third kappa shape index (κ3) is 5.53. The van der Waals surface area contributed by atoms with Gasteiger partial charge in [0.2, 0.25) is 5.50 Å². The number of hydrogen-bond acceptors (Lipinski definition) is 6. The number of imidazole rings is 1. The Hall–Kier alpha value is -1.67. The van der Waals surface area contributed by atoms with Crippen molar-refractivity contribution >= 4 is 45.7 Å². The molecule has 10 heteroatoms. The van der Waals surface area contributed by atoms with Crippen LogP contribution < -0.4 is 11.2 Å². The van der Waals surface area contributed by atoms with Crippen molar-refractivity contribution in [1.82, 2.24) is 9.55 Å². The van der Waals surface area contributed by atoms with Gasteiger partial charge in [0.15, 0.2) is 11.6 Å². The number of fused-ring (bicyclic) bond motifs is 1. The number of nitrogens with zero attached hydrogens (tertiary/aromatic N) is 2. The number of aromatic nitrogens is 2. The van der Waals surface area contributed by atoms with Crippen LogP contribution in [0.3, 0.4) is 0 Å². The van der Waals surface area contributed by atoms with E-state index in [-0.39, 0.29) is 30.3 Å². The van der Waals surface area contributed by atoms with Gasteiger partial charge in [0.25, 0.3) is 0 Å². The molecule has 0 amide bonds. The van der Waals surface area contributed by atoms with Crippen molar-refractivity contribution in [3.63, 3.8) is 0 Å². The Bertz CT molecular complexity index is 1130. The second kappa shape index (κ2) is 11.2. The zero-order valence-corrected chi connectivity index (χ0v) is 22.0. The SMILES string of the molecule is CCOP(=O)(OCC)c1ccc(-c2nc3c(N)c(F)cc(CCCCBr)c3n2CC(C)C)o1. The van der Waals surface area contributed by atoms with E-state index >= 15 is 0 Å². The van der Waals surface area contributed by atoms with Crippen molar-refractivity contribution in [2.24, 2.45) is 5.92 Å². The monoisotopic (exact) mass is 543 g/mol. The summed E-state index contributed by atoms with van der Waals surface area (Å²) in [5.41, 5.74) is 8.32. The first-order valence-corrected chi connectivity index (χ1v) is 13.9. The molecule has 0 saturated heterocycles. The fraction of sp³-hybridized carbons (Fsp3) is 0.522. The summed E-state index contributed by atoms with van der Waals surface area (Å²) in [4.78, 5) is 4.70. The topological polar surface area (TPSA) is 92.5 Å². The number of aryl methyl sites for hydroxylation is 1. The molecule has 7 nitrogen and oxygen atoms in total. The van der Waals surface area contributed by atoms with Crippen LogP contribution in [0.4, 0.5) is 10.1 Å². The van der Waals surface area contributed by atoms with E-state index < -0.39 is 13.4 Å². The highest BCUT2D eigenvalue weighted by Gasteiger charge is 2.32. The van der Waals surface area contributed by atoms with Crippen LogP contribution in [0, 0.1) is 11.7 Å². The molecule has 0 saturated carbocycles. The van der Waals surface area contributed by atoms with Gasteiger partial charge in [0, 0.05) is 11.9 Å². The number of furan rings is 1. The predicted octanol–water partition coefficient (Wildman–Crippen LogP) is 6.28. The van der Waals surface area contributed by atoms with E-state index in [1.54, 1.807) is 26.0 Å². The molecule has 0 radical (unpaired) electrons. The number of hydrogen-bond donors (Lipinski definition) is 1. The van der Waals surface area contributed by atoms with E-state index in [0.29, 0.717) is 30.1 Å². The Morgan fingerprint density at radius 3 is 2.55 bits per heavy atom. The summed E-state index contributed by atoms with van der Waals surface area (Å²) in [5.74, 6) is 0.709. The van der Waals surface area contributed by atoms with Gasteiger partial charge in [-0.1, -0.05) is 29.8 Å². The van der Waals surface area contributed by atoms with Crippen molar-refractivity contribution < 1.29 is 22.4 Å². The summed E-state index contributed by atoms with van der Waals surface area (Å²) in [7, 11) is -3.59. The van der Waals surface area contributed by atoms with Gasteiger partial charge in [-0.3, -0.25) is 4.57 Å². The number of rotatable bonds is 12. The average molecular weight is 544 g/mol. The lowest BCUT2D eigenvalue weighted by Gasteiger charge is -2.15. The lowest BCUT2D eigenvalue weighted by molar-refractivity contribution is 0.225. The van der Waals surface area contributed by atoms with Gasteiger partial charge in [-0.15, -0.1) is 0 Å². The second-order valence-corrected chi connectivity index (χ2v) is 10.9. The molecule has 182 valence electrons. The minimum atomic E-state index is -3.59. The van der Waals surface area contributed by atoms with E-state index in [1.807, 2.05) is 4.57 Å². The molecular weight excluding hydrogens is 512 g/mol. The van der Waals surface area contributed by atoms with Gasteiger partial charge in [-0.25, -0.2) is 9.37 Å². The first kappa shape index (κ1) is 25.9. The van der Waals surface area contributed by atoms with E-state index in [0.717, 1.165) is 29.3 Å². The predicted molar refractivity (Wildman–Crippen MR) is 134 cm³/mol. The molecule has 0 aliphatic heterocycles. The van der Waals surface area contributed by atoms with Crippen LogP contribution in [0.2, 0.25) is 0 Å². The Balaban J connectivity index is 2.19. The molecule has 0 fully saturated rings. The van der Waals surface area contributed by atoms with Crippen molar-refractivity contribution in [2.75, 3.05) is 24.3 Å². The Kier molecular flexibility index (Phi) is 8.78. The Morgan fingerprint density at radius 1 is 1.24 bits per heavy atom. The second-order valence-electron chi connectivity index (χ2n) is 8.19. The number of benzene rings is 1. The van der Waals surface area contributed by atoms with E-state index in [2.05, 4.69) is 29.8 Å². The molecule has 0 aliphatic rings. The van der Waals surface area contributed by atoms with Crippen LogP contribution in [0.25, 0.3) is 22.6 Å². The first-order chi connectivity index (χ1) is 15.8. The van der Waals surface area contributed by atoms with Crippen molar-refractivity contribution in [1.29, 1.82) is 0 Å². The zero-order valence-electron chi connectivity index (χ0n) is 19.6. The molecule has 33 heavy (non-hydrogen) atoms. The molecule has 3 aromatic rings. The van der Waals surface area contributed by atoms with Crippen LogP contribution in [0.5, 0.6) is 0 Å². The normalized spacial score (nSPS) is 12.3. The smallest absolute Gasteiger partial charge is 0.396 e. The number of halogens is 2. The summed E-state index contributed by atoms with van der Waals surface area (Å²) < 4.78 is 46.6. The lowest BCUT2D eigenvalue weighted by Crippen LogP contribution is -2.09. The van der Waals surface area contributed by atoms with Crippen LogP contribution >= 0.6 is 23.5 Å². The lowest BCUT2D eigenvalue weighted by atomic mass is 10.0. The fourth-order valence-corrected chi connectivity index (χ4v) is 5.68. The third-order valence-corrected chi connectivity index (χ3v) is 7.68. The highest BCUT2D eigenvalue weighted by atomic mass is 79.9. The minimum absolute atomic E-state index is 0.0130. The maximum Gasteiger partial charge on any atom is 0.396 e. The standard InChI is InChI=1S/C23H32BrFN3O4P/c1-5-30-33(29,31-6-2)19-11-10-18(32-19)23-27-21-20(26)17(25)13-16(9-7-8-12-24)22(21)28(23)14-15(3)4/h10-11,13,15H,5-9,12,14,26H2,1-4H3. The van der Waals surface area contributed by atoms with Crippen LogP contribution in [0.15, 0.2) is 22.6 Å². The summed E-state index contributed by atoms with van der Waals surface area (Å²) in [6.45, 7) is 8.74. The maximum absolute atomic E-state index is 14.7. The maximum atomic E-state index is 14.7. The molecule has 0 bridgehead atoms. The molecule has 0 aliphatic carbocycles. The van der Waals surface area contributed by atoms with Crippen molar-refractivity contribution in [3.8, 4) is 11.6 Å². The number of alkyl halides is 1. The fourth-order valence-electron chi connectivity index (χ4n) is 3.81. The summed E-state index contributed by atoms with van der Waals surface area (Å²) in [6.07, 6.45) is 2.59. The molecule has 0 atom stereocenters. The van der Waals surface area contributed by atoms with Gasteiger partial charge in [-0.05, 0) is 62.8 Å². The first-order valence-electron chi connectivity index (χ1n) is 11.3. The highest BCUT2D eigenvalue weighted by molar-refractivity contribution is 9.09.